The highest BCUT2D eigenvalue weighted by Crippen LogP contribution is 2.09. The van der Waals surface area contributed by atoms with Crippen molar-refractivity contribution in [1.82, 2.24) is 5.43 Å². The number of unbranched alkanes of at least 4 members (excludes halogenated alkanes) is 7. The molecule has 0 bridgehead atoms. The first kappa shape index (κ1) is 18.4. The highest BCUT2D eigenvalue weighted by Gasteiger charge is 2.14. The summed E-state index contributed by atoms with van der Waals surface area (Å²) >= 11 is 0. The van der Waals surface area contributed by atoms with Gasteiger partial charge in [0, 0.05) is 0 Å². The molecule has 0 unspecified atom stereocenters. The molecule has 0 aromatic carbocycles. The van der Waals surface area contributed by atoms with Crippen molar-refractivity contribution < 1.29 is 14.5 Å². The molecule has 0 saturated carbocycles. The van der Waals surface area contributed by atoms with E-state index < -0.39 is 5.97 Å². The molecule has 0 rings (SSSR count). The first-order valence-corrected chi connectivity index (χ1v) is 7.78. The summed E-state index contributed by atoms with van der Waals surface area (Å²) in [7, 11) is 4.20. The summed E-state index contributed by atoms with van der Waals surface area (Å²) in [6.07, 6.45) is 10.8. The Morgan fingerprint density at radius 2 is 1.53 bits per heavy atom. The lowest BCUT2D eigenvalue weighted by atomic mass is 10.1. The Labute approximate surface area is 118 Å². The van der Waals surface area contributed by atoms with Gasteiger partial charge in [-0.25, -0.2) is 0 Å². The van der Waals surface area contributed by atoms with Crippen LogP contribution >= 0.6 is 0 Å². The summed E-state index contributed by atoms with van der Waals surface area (Å²) in [4.78, 5) is 10.4. The number of carbonyl (C=O) groups is 1. The molecular formula is C15H33N2O2+. The second-order valence-corrected chi connectivity index (χ2v) is 5.94. The smallest absolute Gasteiger partial charge is 0.304 e. The van der Waals surface area contributed by atoms with Crippen LogP contribution in [0.5, 0.6) is 0 Å². The van der Waals surface area contributed by atoms with Crippen molar-refractivity contribution in [2.75, 3.05) is 27.2 Å². The van der Waals surface area contributed by atoms with Crippen molar-refractivity contribution in [3.63, 3.8) is 0 Å². The summed E-state index contributed by atoms with van der Waals surface area (Å²) in [5.41, 5.74) is 3.27. The number of carboxylic acid groups (broad SMARTS) is 1. The van der Waals surface area contributed by atoms with E-state index in [2.05, 4.69) is 26.4 Å². The predicted octanol–water partition coefficient (Wildman–Crippen LogP) is 3.18. The van der Waals surface area contributed by atoms with Crippen LogP contribution in [0.4, 0.5) is 0 Å². The van der Waals surface area contributed by atoms with Crippen molar-refractivity contribution in [3.8, 4) is 0 Å². The van der Waals surface area contributed by atoms with Gasteiger partial charge >= 0.3 is 5.97 Å². The van der Waals surface area contributed by atoms with Crippen LogP contribution < -0.4 is 5.43 Å². The number of quaternary nitrogens is 1. The van der Waals surface area contributed by atoms with Gasteiger partial charge < -0.3 is 5.11 Å². The van der Waals surface area contributed by atoms with E-state index in [1.807, 2.05) is 0 Å². The molecule has 0 aromatic heterocycles. The zero-order valence-electron chi connectivity index (χ0n) is 13.1. The molecule has 0 amide bonds. The zero-order chi connectivity index (χ0) is 14.6. The van der Waals surface area contributed by atoms with Crippen LogP contribution in [-0.4, -0.2) is 42.9 Å². The van der Waals surface area contributed by atoms with Gasteiger partial charge in [0.05, 0.1) is 33.6 Å². The van der Waals surface area contributed by atoms with E-state index >= 15 is 0 Å². The standard InChI is InChI=1S/C15H32N2O2/c1-4-5-6-7-8-9-10-11-14-17(2,3)16-13-12-15(18)19/h16H,4-14H2,1-3H3/p+1. The minimum atomic E-state index is -0.737. The zero-order valence-corrected chi connectivity index (χ0v) is 13.1. The lowest BCUT2D eigenvalue weighted by molar-refractivity contribution is -0.934. The maximum atomic E-state index is 10.4. The average molecular weight is 273 g/mol. The molecule has 114 valence electrons. The number of hydrogen-bond acceptors (Lipinski definition) is 2. The first-order valence-electron chi connectivity index (χ1n) is 7.78. The Morgan fingerprint density at radius 3 is 2.05 bits per heavy atom. The van der Waals surface area contributed by atoms with Crippen molar-refractivity contribution in [2.24, 2.45) is 0 Å². The van der Waals surface area contributed by atoms with Gasteiger partial charge in [0.1, 0.15) is 0 Å². The fourth-order valence-electron chi connectivity index (χ4n) is 2.19. The molecule has 0 aliphatic heterocycles. The highest BCUT2D eigenvalue weighted by molar-refractivity contribution is 5.66. The Morgan fingerprint density at radius 1 is 1.00 bits per heavy atom. The Hall–Kier alpha value is -0.610. The molecular weight excluding hydrogens is 240 g/mol. The number of aliphatic carboxylic acids is 1. The third-order valence-corrected chi connectivity index (χ3v) is 3.45. The van der Waals surface area contributed by atoms with Crippen LogP contribution in [0.25, 0.3) is 0 Å². The Balaban J connectivity index is 3.39. The Kier molecular flexibility index (Phi) is 10.9. The van der Waals surface area contributed by atoms with Gasteiger partial charge in [0.25, 0.3) is 0 Å². The summed E-state index contributed by atoms with van der Waals surface area (Å²) in [5.74, 6) is -0.737. The third-order valence-electron chi connectivity index (χ3n) is 3.45. The maximum Gasteiger partial charge on any atom is 0.304 e. The van der Waals surface area contributed by atoms with E-state index in [-0.39, 0.29) is 6.42 Å². The van der Waals surface area contributed by atoms with E-state index in [1.54, 1.807) is 0 Å². The number of nitrogens with zero attached hydrogens (tertiary/aromatic N) is 1. The number of nitrogens with one attached hydrogen (secondary N) is 1. The van der Waals surface area contributed by atoms with Crippen molar-refractivity contribution >= 4 is 5.97 Å². The van der Waals surface area contributed by atoms with Crippen molar-refractivity contribution in [2.45, 2.75) is 64.7 Å². The summed E-state index contributed by atoms with van der Waals surface area (Å²) < 4.78 is 0.711. The van der Waals surface area contributed by atoms with E-state index in [1.165, 1.54) is 51.4 Å². The number of hydrogen-bond donors (Lipinski definition) is 2. The lowest BCUT2D eigenvalue weighted by Gasteiger charge is -2.29. The second kappa shape index (κ2) is 11.2. The largest absolute Gasteiger partial charge is 0.481 e. The molecule has 0 aromatic rings. The van der Waals surface area contributed by atoms with E-state index in [0.29, 0.717) is 11.1 Å². The van der Waals surface area contributed by atoms with Gasteiger partial charge in [-0.05, 0) is 12.8 Å². The lowest BCUT2D eigenvalue weighted by Crippen LogP contribution is -2.52. The van der Waals surface area contributed by atoms with Crippen LogP contribution in [0.3, 0.4) is 0 Å². The van der Waals surface area contributed by atoms with Crippen LogP contribution in [0.2, 0.25) is 0 Å². The fraction of sp³-hybridized carbons (Fsp3) is 0.933. The number of carboxylic acids is 1. The monoisotopic (exact) mass is 273 g/mol. The molecule has 0 heterocycles. The van der Waals surface area contributed by atoms with Gasteiger partial charge in [-0.3, -0.25) is 9.39 Å². The maximum absolute atomic E-state index is 10.4. The molecule has 0 radical (unpaired) electrons. The molecule has 0 fully saturated rings. The molecule has 2 N–H and O–H groups in total. The number of rotatable bonds is 13. The fourth-order valence-corrected chi connectivity index (χ4v) is 2.19. The first-order chi connectivity index (χ1) is 8.98. The molecule has 0 aliphatic rings. The quantitative estimate of drug-likeness (QED) is 0.308. The van der Waals surface area contributed by atoms with Crippen LogP contribution in [0, 0.1) is 0 Å². The topological polar surface area (TPSA) is 49.3 Å². The van der Waals surface area contributed by atoms with E-state index in [9.17, 15) is 4.79 Å². The van der Waals surface area contributed by atoms with Gasteiger partial charge in [0.2, 0.25) is 0 Å². The minimum absolute atomic E-state index is 0.194. The second-order valence-electron chi connectivity index (χ2n) is 5.94. The Bertz CT molecular complexity index is 230. The SMILES string of the molecule is CCCCCCCCCC[N+](C)(C)NCCC(=O)O. The van der Waals surface area contributed by atoms with E-state index in [0.717, 1.165) is 6.54 Å². The van der Waals surface area contributed by atoms with Crippen LogP contribution in [-0.2, 0) is 4.79 Å². The highest BCUT2D eigenvalue weighted by atomic mass is 16.4. The predicted molar refractivity (Wildman–Crippen MR) is 79.8 cm³/mol. The van der Waals surface area contributed by atoms with Gasteiger partial charge in [-0.15, -0.1) is 0 Å². The van der Waals surface area contributed by atoms with Crippen molar-refractivity contribution in [3.05, 3.63) is 0 Å². The van der Waals surface area contributed by atoms with Gasteiger partial charge in [0.15, 0.2) is 0 Å². The molecule has 0 saturated heterocycles. The van der Waals surface area contributed by atoms with Crippen LogP contribution in [0.1, 0.15) is 64.7 Å². The summed E-state index contributed by atoms with van der Waals surface area (Å²) in [6, 6.07) is 0. The van der Waals surface area contributed by atoms with Crippen LogP contribution in [0.15, 0.2) is 0 Å². The van der Waals surface area contributed by atoms with Gasteiger partial charge in [-0.2, -0.15) is 5.43 Å². The summed E-state index contributed by atoms with van der Waals surface area (Å²) in [6.45, 7) is 3.85. The molecule has 0 spiro atoms. The molecule has 0 aliphatic carbocycles. The summed E-state index contributed by atoms with van der Waals surface area (Å²) in [5, 5.41) is 8.60. The molecule has 0 atom stereocenters. The average Bonchev–Trinajstić information content (AvgIpc) is 2.31. The van der Waals surface area contributed by atoms with E-state index in [4.69, 9.17) is 5.11 Å². The molecule has 4 heteroatoms. The molecule has 4 nitrogen and oxygen atoms in total. The third kappa shape index (κ3) is 13.6. The molecule has 19 heavy (non-hydrogen) atoms. The van der Waals surface area contributed by atoms with Gasteiger partial charge in [-0.1, -0.05) is 45.4 Å². The normalized spacial score (nSPS) is 11.7. The van der Waals surface area contributed by atoms with Crippen molar-refractivity contribution in [1.29, 1.82) is 0 Å². The minimum Gasteiger partial charge on any atom is -0.481 e.